The summed E-state index contributed by atoms with van der Waals surface area (Å²) in [5.41, 5.74) is 7.88. The number of rotatable bonds is 6. The summed E-state index contributed by atoms with van der Waals surface area (Å²) in [7, 11) is 0. The van der Waals surface area contributed by atoms with Crippen LogP contribution in [-0.2, 0) is 11.3 Å². The molecule has 3 aliphatic rings. The van der Waals surface area contributed by atoms with Crippen molar-refractivity contribution in [2.75, 3.05) is 13.1 Å². The lowest BCUT2D eigenvalue weighted by Crippen LogP contribution is -2.41. The van der Waals surface area contributed by atoms with E-state index in [-0.39, 0.29) is 11.9 Å². The number of carbonyl (C=O) groups is 1. The molecule has 4 nitrogen and oxygen atoms in total. The molecule has 1 aliphatic heterocycles. The van der Waals surface area contributed by atoms with Crippen LogP contribution < -0.4 is 11.1 Å². The van der Waals surface area contributed by atoms with E-state index in [9.17, 15) is 4.79 Å². The van der Waals surface area contributed by atoms with E-state index < -0.39 is 0 Å². The molecule has 2 unspecified atom stereocenters. The van der Waals surface area contributed by atoms with E-state index in [1.165, 1.54) is 37.7 Å². The molecule has 126 valence electrons. The van der Waals surface area contributed by atoms with E-state index in [4.69, 9.17) is 5.73 Å². The lowest BCUT2D eigenvalue weighted by molar-refractivity contribution is -0.133. The van der Waals surface area contributed by atoms with Gasteiger partial charge in [-0.2, -0.15) is 11.3 Å². The minimum Gasteiger partial charge on any atom is -0.335 e. The molecule has 1 saturated heterocycles. The van der Waals surface area contributed by atoms with Gasteiger partial charge in [0.05, 0.1) is 0 Å². The Morgan fingerprint density at radius 3 is 2.87 bits per heavy atom. The van der Waals surface area contributed by atoms with Crippen molar-refractivity contribution in [2.24, 2.45) is 17.1 Å². The number of hydrogen-bond acceptors (Lipinski definition) is 4. The van der Waals surface area contributed by atoms with Crippen LogP contribution in [0, 0.1) is 11.3 Å². The summed E-state index contributed by atoms with van der Waals surface area (Å²) >= 11 is 1.71. The predicted octanol–water partition coefficient (Wildman–Crippen LogP) is 2.35. The van der Waals surface area contributed by atoms with Crippen molar-refractivity contribution in [2.45, 2.75) is 57.2 Å². The fourth-order valence-electron chi connectivity index (χ4n) is 4.19. The highest BCUT2D eigenvalue weighted by Crippen LogP contribution is 2.56. The summed E-state index contributed by atoms with van der Waals surface area (Å²) < 4.78 is 0. The van der Waals surface area contributed by atoms with Crippen LogP contribution in [-0.4, -0.2) is 36.0 Å². The van der Waals surface area contributed by atoms with Crippen molar-refractivity contribution in [1.29, 1.82) is 0 Å². The van der Waals surface area contributed by atoms with Crippen molar-refractivity contribution in [3.63, 3.8) is 0 Å². The molecule has 0 radical (unpaired) electrons. The third-order valence-corrected chi connectivity index (χ3v) is 6.75. The highest BCUT2D eigenvalue weighted by Gasteiger charge is 2.57. The number of nitrogens with zero attached hydrogens (tertiary/aromatic N) is 1. The minimum absolute atomic E-state index is 0.0650. The van der Waals surface area contributed by atoms with Crippen LogP contribution in [0.2, 0.25) is 0 Å². The Bertz CT molecular complexity index is 549. The zero-order valence-electron chi connectivity index (χ0n) is 13.7. The van der Waals surface area contributed by atoms with Crippen molar-refractivity contribution in [1.82, 2.24) is 10.2 Å². The van der Waals surface area contributed by atoms with Crippen LogP contribution in [0.25, 0.3) is 0 Å². The summed E-state index contributed by atoms with van der Waals surface area (Å²) in [6.07, 6.45) is 6.54. The predicted molar refractivity (Wildman–Crippen MR) is 93.1 cm³/mol. The van der Waals surface area contributed by atoms with E-state index in [1.54, 1.807) is 11.3 Å². The fourth-order valence-corrected chi connectivity index (χ4v) is 4.85. The minimum atomic E-state index is 0.0650. The number of carbonyl (C=O) groups excluding carboxylic acids is 1. The topological polar surface area (TPSA) is 58.4 Å². The van der Waals surface area contributed by atoms with Crippen molar-refractivity contribution in [3.05, 3.63) is 22.4 Å². The first-order chi connectivity index (χ1) is 11.2. The Labute approximate surface area is 142 Å². The molecule has 1 aromatic rings. The van der Waals surface area contributed by atoms with Crippen LogP contribution in [0.5, 0.6) is 0 Å². The normalized spacial score (nSPS) is 26.9. The highest BCUT2D eigenvalue weighted by atomic mass is 32.1. The molecular weight excluding hydrogens is 306 g/mol. The van der Waals surface area contributed by atoms with Crippen LogP contribution in [0.4, 0.5) is 0 Å². The Kier molecular flexibility index (Phi) is 4.20. The van der Waals surface area contributed by atoms with Gasteiger partial charge in [0.25, 0.3) is 0 Å². The maximum atomic E-state index is 13.0. The van der Waals surface area contributed by atoms with Crippen molar-refractivity contribution in [3.8, 4) is 0 Å². The van der Waals surface area contributed by atoms with E-state index in [2.05, 4.69) is 27.0 Å². The molecule has 5 heteroatoms. The summed E-state index contributed by atoms with van der Waals surface area (Å²) in [5, 5.41) is 7.71. The van der Waals surface area contributed by atoms with Gasteiger partial charge in [0.2, 0.25) is 5.91 Å². The second kappa shape index (κ2) is 6.19. The largest absolute Gasteiger partial charge is 0.335 e. The first kappa shape index (κ1) is 15.6. The van der Waals surface area contributed by atoms with E-state index in [0.717, 1.165) is 19.6 Å². The van der Waals surface area contributed by atoms with Gasteiger partial charge in [0.1, 0.15) is 0 Å². The Hall–Kier alpha value is -0.910. The second-order valence-electron chi connectivity index (χ2n) is 7.69. The highest BCUT2D eigenvalue weighted by molar-refractivity contribution is 7.07. The molecule has 2 atom stereocenters. The fraction of sp³-hybridized carbons (Fsp3) is 0.722. The molecule has 3 fully saturated rings. The molecule has 2 aliphatic carbocycles. The lowest BCUT2D eigenvalue weighted by Gasteiger charge is -2.30. The molecule has 23 heavy (non-hydrogen) atoms. The van der Waals surface area contributed by atoms with Gasteiger partial charge in [0, 0.05) is 25.0 Å². The van der Waals surface area contributed by atoms with Gasteiger partial charge >= 0.3 is 0 Å². The molecule has 0 bridgehead atoms. The number of amides is 1. The Morgan fingerprint density at radius 2 is 2.22 bits per heavy atom. The monoisotopic (exact) mass is 333 g/mol. The number of nitrogens with two attached hydrogens (primary N) is 1. The van der Waals surface area contributed by atoms with Gasteiger partial charge in [-0.1, -0.05) is 0 Å². The third-order valence-electron chi connectivity index (χ3n) is 6.01. The van der Waals surface area contributed by atoms with Gasteiger partial charge < -0.3 is 16.0 Å². The van der Waals surface area contributed by atoms with Gasteiger partial charge in [-0.15, -0.1) is 0 Å². The molecule has 1 aromatic heterocycles. The van der Waals surface area contributed by atoms with E-state index in [0.29, 0.717) is 23.8 Å². The van der Waals surface area contributed by atoms with Crippen LogP contribution >= 0.6 is 11.3 Å². The number of hydrogen-bond donors (Lipinski definition) is 2. The molecule has 2 heterocycles. The quantitative estimate of drug-likeness (QED) is 0.840. The van der Waals surface area contributed by atoms with E-state index >= 15 is 0 Å². The van der Waals surface area contributed by atoms with Crippen LogP contribution in [0.1, 0.15) is 44.1 Å². The Morgan fingerprint density at radius 1 is 1.43 bits per heavy atom. The van der Waals surface area contributed by atoms with Crippen molar-refractivity contribution >= 4 is 17.2 Å². The first-order valence-corrected chi connectivity index (χ1v) is 9.89. The second-order valence-corrected chi connectivity index (χ2v) is 8.47. The van der Waals surface area contributed by atoms with E-state index in [1.807, 2.05) is 0 Å². The van der Waals surface area contributed by atoms with Gasteiger partial charge in [-0.25, -0.2) is 0 Å². The molecule has 0 aromatic carbocycles. The zero-order chi connectivity index (χ0) is 15.9. The zero-order valence-corrected chi connectivity index (χ0v) is 14.5. The smallest absolute Gasteiger partial charge is 0.224 e. The van der Waals surface area contributed by atoms with Crippen LogP contribution in [0.3, 0.4) is 0 Å². The molecule has 4 rings (SSSR count). The summed E-state index contributed by atoms with van der Waals surface area (Å²) in [5.74, 6) is 0.866. The van der Waals surface area contributed by atoms with Gasteiger partial charge in [0.15, 0.2) is 0 Å². The average molecular weight is 334 g/mol. The van der Waals surface area contributed by atoms with Gasteiger partial charge in [-0.05, 0) is 78.9 Å². The van der Waals surface area contributed by atoms with Crippen LogP contribution in [0.15, 0.2) is 16.8 Å². The molecule has 2 saturated carbocycles. The molecular formula is C18H27N3OS. The summed E-state index contributed by atoms with van der Waals surface area (Å²) in [6.45, 7) is 2.96. The van der Waals surface area contributed by atoms with Crippen molar-refractivity contribution < 1.29 is 4.79 Å². The molecule has 1 spiro atoms. The Balaban J connectivity index is 1.46. The standard InChI is InChI=1S/C18H27N3OS/c19-15(14-1-2-14)9-17(22)21(11-13-3-8-23-12-13)16-10-18(16)4-6-20-7-5-18/h3,8,12,14-16,20H,1-2,4-7,9-11,19H2. The average Bonchev–Trinajstić information content (AvgIpc) is 3.45. The summed E-state index contributed by atoms with van der Waals surface area (Å²) in [6, 6.07) is 2.64. The SMILES string of the molecule is NC(CC(=O)N(Cc1ccsc1)C1CC12CCNCC2)C1CC1. The third kappa shape index (κ3) is 3.32. The summed E-state index contributed by atoms with van der Waals surface area (Å²) in [4.78, 5) is 15.1. The lowest BCUT2D eigenvalue weighted by atomic mass is 9.93. The number of piperidine rings is 1. The van der Waals surface area contributed by atoms with Gasteiger partial charge in [-0.3, -0.25) is 4.79 Å². The maximum Gasteiger partial charge on any atom is 0.224 e. The molecule has 1 amide bonds. The maximum absolute atomic E-state index is 13.0. The number of nitrogens with one attached hydrogen (secondary N) is 1. The molecule has 3 N–H and O–H groups in total. The number of thiophene rings is 1. The first-order valence-electron chi connectivity index (χ1n) is 8.95.